The van der Waals surface area contributed by atoms with Gasteiger partial charge in [0, 0.05) is 18.5 Å². The van der Waals surface area contributed by atoms with E-state index in [4.69, 9.17) is 0 Å². The zero-order valence-corrected chi connectivity index (χ0v) is 42.6. The molecule has 0 heterocycles. The van der Waals surface area contributed by atoms with Crippen LogP contribution < -0.4 is 0 Å². The summed E-state index contributed by atoms with van der Waals surface area (Å²) in [6.45, 7) is 11.2. The fraction of sp³-hybridized carbons (Fsp3) is 0.845. The van der Waals surface area contributed by atoms with Gasteiger partial charge >= 0.3 is 0 Å². The first-order chi connectivity index (χ1) is 30.0. The van der Waals surface area contributed by atoms with Gasteiger partial charge in [-0.15, -0.1) is 0 Å². The Morgan fingerprint density at radius 3 is 1.07 bits per heavy atom. The fourth-order valence-electron chi connectivity index (χ4n) is 8.84. The molecule has 0 bridgehead atoms. The van der Waals surface area contributed by atoms with Crippen LogP contribution in [0.15, 0.2) is 48.6 Å². The molecule has 0 aliphatic rings. The molecule has 0 spiro atoms. The van der Waals surface area contributed by atoms with Crippen molar-refractivity contribution in [3.05, 3.63) is 48.6 Å². The van der Waals surface area contributed by atoms with Crippen LogP contribution in [-0.2, 0) is 4.79 Å². The lowest BCUT2D eigenvalue weighted by Gasteiger charge is -2.36. The van der Waals surface area contributed by atoms with E-state index in [0.29, 0.717) is 11.9 Å². The smallest absolute Gasteiger partial charge is 0.225 e. The van der Waals surface area contributed by atoms with E-state index in [2.05, 4.69) is 100 Å². The van der Waals surface area contributed by atoms with Crippen LogP contribution in [0.2, 0.25) is 0 Å². The van der Waals surface area contributed by atoms with Crippen LogP contribution in [0, 0.1) is 5.92 Å². The molecule has 0 aliphatic heterocycles. The highest BCUT2D eigenvalue weighted by atomic mass is 16.2. The highest BCUT2D eigenvalue weighted by Gasteiger charge is 2.29. The van der Waals surface area contributed by atoms with E-state index in [1.165, 1.54) is 218 Å². The Labute approximate surface area is 384 Å². The Morgan fingerprint density at radius 2 is 0.672 bits per heavy atom. The van der Waals surface area contributed by atoms with Crippen LogP contribution in [0.5, 0.6) is 0 Å². The Kier molecular flexibility index (Phi) is 48.1. The number of allylic oxidation sites excluding steroid dienone is 8. The average Bonchev–Trinajstić information content (AvgIpc) is 3.25. The monoisotopic (exact) mass is 851 g/mol. The molecule has 0 fully saturated rings. The van der Waals surface area contributed by atoms with Gasteiger partial charge in [-0.3, -0.25) is 4.79 Å². The minimum absolute atomic E-state index is 0.219. The third-order valence-electron chi connectivity index (χ3n) is 12.9. The summed E-state index contributed by atoms with van der Waals surface area (Å²) >= 11 is 0. The predicted molar refractivity (Wildman–Crippen MR) is 277 cm³/mol. The van der Waals surface area contributed by atoms with Gasteiger partial charge in [-0.1, -0.05) is 230 Å². The van der Waals surface area contributed by atoms with Crippen LogP contribution in [0.3, 0.4) is 0 Å². The van der Waals surface area contributed by atoms with Crippen molar-refractivity contribution in [2.75, 3.05) is 27.2 Å². The van der Waals surface area contributed by atoms with Gasteiger partial charge < -0.3 is 9.80 Å². The first-order valence-corrected chi connectivity index (χ1v) is 27.6. The molecule has 3 heteroatoms. The lowest BCUT2D eigenvalue weighted by molar-refractivity contribution is -0.139. The number of hydrogen-bond acceptors (Lipinski definition) is 2. The minimum Gasteiger partial charge on any atom is -0.339 e. The number of hydrogen-bond donors (Lipinski definition) is 0. The summed E-state index contributed by atoms with van der Waals surface area (Å²) in [7, 11) is 4.37. The minimum atomic E-state index is 0.219. The van der Waals surface area contributed by atoms with Crippen LogP contribution in [0.25, 0.3) is 0 Å². The molecule has 0 aromatic rings. The molecule has 1 unspecified atom stereocenters. The summed E-state index contributed by atoms with van der Waals surface area (Å²) in [6, 6.07) is 0.411. The second-order valence-electron chi connectivity index (χ2n) is 19.2. The van der Waals surface area contributed by atoms with Crippen molar-refractivity contribution in [2.24, 2.45) is 5.92 Å². The van der Waals surface area contributed by atoms with Gasteiger partial charge in [0.15, 0.2) is 0 Å². The van der Waals surface area contributed by atoms with Gasteiger partial charge in [-0.25, -0.2) is 0 Å². The highest BCUT2D eigenvalue weighted by Crippen LogP contribution is 2.26. The van der Waals surface area contributed by atoms with Gasteiger partial charge in [0.2, 0.25) is 5.91 Å². The van der Waals surface area contributed by atoms with E-state index in [1.54, 1.807) is 0 Å². The molecule has 1 amide bonds. The van der Waals surface area contributed by atoms with E-state index in [-0.39, 0.29) is 5.92 Å². The number of unbranched alkanes of at least 4 members (excludes halogenated alkanes) is 26. The Hall–Kier alpha value is -1.61. The van der Waals surface area contributed by atoms with Crippen LogP contribution in [0.4, 0.5) is 0 Å². The van der Waals surface area contributed by atoms with Crippen LogP contribution >= 0.6 is 0 Å². The average molecular weight is 852 g/mol. The van der Waals surface area contributed by atoms with E-state index < -0.39 is 0 Å². The highest BCUT2D eigenvalue weighted by molar-refractivity contribution is 5.79. The molecule has 0 aromatic carbocycles. The number of nitrogens with zero attached hydrogens (tertiary/aromatic N) is 2. The van der Waals surface area contributed by atoms with E-state index in [9.17, 15) is 4.79 Å². The Bertz CT molecular complexity index is 946. The second kappa shape index (κ2) is 49.4. The molecular formula is C58H110N2O. The largest absolute Gasteiger partial charge is 0.339 e. The van der Waals surface area contributed by atoms with Crippen molar-refractivity contribution in [2.45, 2.75) is 284 Å². The lowest BCUT2D eigenvalue weighted by Crippen LogP contribution is -2.45. The molecule has 358 valence electrons. The van der Waals surface area contributed by atoms with E-state index in [1.807, 2.05) is 0 Å². The predicted octanol–water partition coefficient (Wildman–Crippen LogP) is 18.9. The standard InChI is InChI=1S/C58H110N2O/c1-7-11-15-19-22-24-26-28-30-32-34-36-38-40-43-47-52-57(53-48-44-41-39-37-35-33-31-29-27-25-23-20-16-12-8-2)60(55-49-54-59(5)6)58(61)56(50-45-18-14-10-4)51-46-42-21-17-13-9-3/h22-25,28-31,56-57H,7-21,26-27,32-55H2,1-6H3/b24-22-,25-23-,30-28-,31-29-. The number of amides is 1. The molecule has 0 aliphatic carbocycles. The molecule has 3 nitrogen and oxygen atoms in total. The molecule has 61 heavy (non-hydrogen) atoms. The molecule has 0 radical (unpaired) electrons. The Balaban J connectivity index is 5.31. The number of carbonyl (C=O) groups excluding carboxylic acids is 1. The summed E-state index contributed by atoms with van der Waals surface area (Å²) in [6.07, 6.45) is 68.5. The lowest BCUT2D eigenvalue weighted by atomic mass is 9.91. The molecular weight excluding hydrogens is 741 g/mol. The normalized spacial score (nSPS) is 12.9. The molecule has 1 atom stereocenters. The molecule has 0 aromatic heterocycles. The maximum atomic E-state index is 14.8. The molecule has 0 N–H and O–H groups in total. The second-order valence-corrected chi connectivity index (χ2v) is 19.2. The van der Waals surface area contributed by atoms with Gasteiger partial charge in [0.1, 0.15) is 0 Å². The van der Waals surface area contributed by atoms with Crippen molar-refractivity contribution in [1.82, 2.24) is 9.80 Å². The Morgan fingerprint density at radius 1 is 0.361 bits per heavy atom. The van der Waals surface area contributed by atoms with E-state index in [0.717, 1.165) is 45.2 Å². The van der Waals surface area contributed by atoms with Crippen LogP contribution in [-0.4, -0.2) is 48.9 Å². The molecule has 0 saturated carbocycles. The zero-order valence-electron chi connectivity index (χ0n) is 42.6. The third kappa shape index (κ3) is 42.1. The molecule has 0 rings (SSSR count). The van der Waals surface area contributed by atoms with Gasteiger partial charge in [0.05, 0.1) is 0 Å². The summed E-state index contributed by atoms with van der Waals surface area (Å²) in [4.78, 5) is 19.6. The van der Waals surface area contributed by atoms with Crippen molar-refractivity contribution >= 4 is 5.91 Å². The van der Waals surface area contributed by atoms with E-state index >= 15 is 0 Å². The summed E-state index contributed by atoms with van der Waals surface area (Å²) < 4.78 is 0. The van der Waals surface area contributed by atoms with Crippen LogP contribution in [0.1, 0.15) is 278 Å². The number of carbonyl (C=O) groups is 1. The number of rotatable bonds is 48. The first-order valence-electron chi connectivity index (χ1n) is 27.6. The summed E-state index contributed by atoms with van der Waals surface area (Å²) in [5, 5.41) is 0. The van der Waals surface area contributed by atoms with Crippen molar-refractivity contribution in [3.63, 3.8) is 0 Å². The van der Waals surface area contributed by atoms with Crippen molar-refractivity contribution < 1.29 is 4.79 Å². The SMILES string of the molecule is CCCCC/C=C\C/C=C\CCCCCCCCC(CCCCCCCC/C=C\C/C=C\CCCCC)N(CCCN(C)C)C(=O)C(CCCCCC)CCCCCCCC. The quantitative estimate of drug-likeness (QED) is 0.0450. The topological polar surface area (TPSA) is 23.6 Å². The third-order valence-corrected chi connectivity index (χ3v) is 12.9. The van der Waals surface area contributed by atoms with Gasteiger partial charge in [-0.2, -0.15) is 0 Å². The fourth-order valence-corrected chi connectivity index (χ4v) is 8.84. The van der Waals surface area contributed by atoms with Crippen molar-refractivity contribution in [3.8, 4) is 0 Å². The summed E-state index contributed by atoms with van der Waals surface area (Å²) in [5.74, 6) is 0.741. The summed E-state index contributed by atoms with van der Waals surface area (Å²) in [5.41, 5.74) is 0. The van der Waals surface area contributed by atoms with Gasteiger partial charge in [0.25, 0.3) is 0 Å². The maximum absolute atomic E-state index is 14.8. The zero-order chi connectivity index (χ0) is 44.5. The first kappa shape index (κ1) is 59.4. The maximum Gasteiger partial charge on any atom is 0.225 e. The molecule has 0 saturated heterocycles. The van der Waals surface area contributed by atoms with Crippen molar-refractivity contribution in [1.29, 1.82) is 0 Å². The van der Waals surface area contributed by atoms with Gasteiger partial charge in [-0.05, 0) is 117 Å².